The van der Waals surface area contributed by atoms with Crippen LogP contribution >= 0.6 is 0 Å². The number of amides is 4. The first-order valence-corrected chi connectivity index (χ1v) is 15.2. The van der Waals surface area contributed by atoms with Gasteiger partial charge >= 0.3 is 5.97 Å². The molecule has 3 aromatic carbocycles. The van der Waals surface area contributed by atoms with E-state index < -0.39 is 73.5 Å². The van der Waals surface area contributed by atoms with Gasteiger partial charge in [-0.3, -0.25) is 33.7 Å². The first kappa shape index (κ1) is 34.5. The maximum atomic E-state index is 14.1. The molecule has 2 heterocycles. The summed E-state index contributed by atoms with van der Waals surface area (Å²) in [5, 5.41) is 14.8. The molecule has 3 N–H and O–H groups in total. The number of rotatable bonds is 12. The number of ether oxygens (including phenoxy) is 4. The van der Waals surface area contributed by atoms with Crippen molar-refractivity contribution >= 4 is 46.8 Å². The summed E-state index contributed by atoms with van der Waals surface area (Å²) in [5.74, 6) is -5.13. The first-order valence-electron chi connectivity index (χ1n) is 15.2. The Morgan fingerprint density at radius 3 is 2.18 bits per heavy atom. The van der Waals surface area contributed by atoms with Crippen LogP contribution in [-0.2, 0) is 40.1 Å². The number of Topliss-reactive ketones (excluding diaryl/α,β-unsaturated/α-hetero) is 1. The molecule has 1 saturated heterocycles. The second-order valence-corrected chi connectivity index (χ2v) is 11.0. The molecule has 0 saturated carbocycles. The number of carbonyl (C=O) groups is 6. The number of methoxy groups -OCH3 is 2. The quantitative estimate of drug-likeness (QED) is 0.139. The van der Waals surface area contributed by atoms with Crippen LogP contribution in [0.4, 0.5) is 11.4 Å². The summed E-state index contributed by atoms with van der Waals surface area (Å²) >= 11 is 0. The zero-order valence-electron chi connectivity index (χ0n) is 26.6. The number of hydrogen-bond donors (Lipinski definition) is 3. The molecule has 2 aliphatic rings. The number of ketones is 1. The van der Waals surface area contributed by atoms with E-state index in [-0.39, 0.29) is 41.5 Å². The molecule has 0 bridgehead atoms. The highest BCUT2D eigenvalue weighted by atomic mass is 16.7. The fraction of sp³-hybridized carbons (Fsp3) is 0.294. The standard InChI is InChI=1S/C34H34N4O11/c1-46-25-13-8-14-26(47-2)30(25)31(43)32(44)36-22-16-37(28(41)18-39)23-11-6-7-12-24(23)38(33(22)45)17-27(40)35-21-15-29(42)49-34(21)48-19-20-9-4-3-5-10-20/h3-14,21-22,34,39H,15-19H2,1-2H3,(H,35,40)(H,36,44)/t21-,22-,34?/m0/s1. The highest BCUT2D eigenvalue weighted by molar-refractivity contribution is 6.44. The summed E-state index contributed by atoms with van der Waals surface area (Å²) in [4.78, 5) is 81.6. The van der Waals surface area contributed by atoms with Crippen molar-refractivity contribution in [1.29, 1.82) is 0 Å². The number of carbonyl (C=O) groups excluding carboxylic acids is 6. The zero-order valence-corrected chi connectivity index (χ0v) is 26.6. The first-order chi connectivity index (χ1) is 23.6. The van der Waals surface area contributed by atoms with Crippen molar-refractivity contribution in [1.82, 2.24) is 10.6 Å². The maximum absolute atomic E-state index is 14.1. The van der Waals surface area contributed by atoms with Gasteiger partial charge < -0.3 is 39.6 Å². The molecule has 0 radical (unpaired) electrons. The third-order valence-electron chi connectivity index (χ3n) is 7.86. The van der Waals surface area contributed by atoms with E-state index in [9.17, 15) is 33.9 Å². The fourth-order valence-electron chi connectivity index (χ4n) is 5.54. The Balaban J connectivity index is 1.39. The average molecular weight is 675 g/mol. The zero-order chi connectivity index (χ0) is 35.1. The molecule has 256 valence electrons. The normalized spacial score (nSPS) is 18.6. The minimum absolute atomic E-state index is 0.0508. The number of nitrogens with one attached hydrogen (secondary N) is 2. The van der Waals surface area contributed by atoms with Gasteiger partial charge in [0.25, 0.3) is 23.5 Å². The van der Waals surface area contributed by atoms with Crippen LogP contribution in [0.25, 0.3) is 0 Å². The van der Waals surface area contributed by atoms with Gasteiger partial charge in [0.1, 0.15) is 42.3 Å². The Hall–Kier alpha value is -5.80. The van der Waals surface area contributed by atoms with Gasteiger partial charge in [-0.25, -0.2) is 0 Å². The molecular formula is C34H34N4O11. The summed E-state index contributed by atoms with van der Waals surface area (Å²) in [6, 6.07) is 17.3. The molecular weight excluding hydrogens is 640 g/mol. The topological polar surface area (TPSA) is 190 Å². The largest absolute Gasteiger partial charge is 0.496 e. The van der Waals surface area contributed by atoms with Crippen LogP contribution in [0.2, 0.25) is 0 Å². The van der Waals surface area contributed by atoms with Crippen LogP contribution in [0, 0.1) is 0 Å². The van der Waals surface area contributed by atoms with Gasteiger partial charge in [-0.05, 0) is 29.8 Å². The van der Waals surface area contributed by atoms with Crippen molar-refractivity contribution in [3.8, 4) is 11.5 Å². The summed E-state index contributed by atoms with van der Waals surface area (Å²) < 4.78 is 21.5. The number of para-hydroxylation sites is 2. The third kappa shape index (κ3) is 7.69. The third-order valence-corrected chi connectivity index (χ3v) is 7.86. The van der Waals surface area contributed by atoms with Crippen molar-refractivity contribution in [2.45, 2.75) is 31.4 Å². The fourth-order valence-corrected chi connectivity index (χ4v) is 5.54. The minimum atomic E-state index is -1.55. The van der Waals surface area contributed by atoms with Crippen LogP contribution < -0.4 is 29.9 Å². The Labute approximate surface area is 280 Å². The lowest BCUT2D eigenvalue weighted by atomic mass is 10.1. The number of aliphatic hydroxyl groups excluding tert-OH is 1. The number of fused-ring (bicyclic) bond motifs is 1. The van der Waals surface area contributed by atoms with Crippen LogP contribution in [0.3, 0.4) is 0 Å². The highest BCUT2D eigenvalue weighted by Gasteiger charge is 2.41. The molecule has 1 unspecified atom stereocenters. The monoisotopic (exact) mass is 674 g/mol. The van der Waals surface area contributed by atoms with E-state index in [0.717, 1.165) is 15.4 Å². The number of aliphatic hydroxyl groups is 1. The lowest BCUT2D eigenvalue weighted by Crippen LogP contribution is -2.56. The van der Waals surface area contributed by atoms with Crippen molar-refractivity contribution in [3.05, 3.63) is 83.9 Å². The smallest absolute Gasteiger partial charge is 0.310 e. The molecule has 4 amide bonds. The molecule has 1 fully saturated rings. The number of nitrogens with zero attached hydrogens (tertiary/aromatic N) is 2. The molecule has 0 aromatic heterocycles. The van der Waals surface area contributed by atoms with Crippen LogP contribution in [0.1, 0.15) is 22.3 Å². The molecule has 3 atom stereocenters. The average Bonchev–Trinajstić information content (AvgIpc) is 3.43. The van der Waals surface area contributed by atoms with Gasteiger partial charge in [0, 0.05) is 0 Å². The van der Waals surface area contributed by atoms with Crippen LogP contribution in [0.15, 0.2) is 72.8 Å². The van der Waals surface area contributed by atoms with Crippen LogP contribution in [-0.4, -0.2) is 92.8 Å². The van der Waals surface area contributed by atoms with Gasteiger partial charge in [-0.2, -0.15) is 0 Å². The molecule has 15 heteroatoms. The number of esters is 1. The Kier molecular flexibility index (Phi) is 10.9. The second-order valence-electron chi connectivity index (χ2n) is 11.0. The highest BCUT2D eigenvalue weighted by Crippen LogP contribution is 2.33. The Bertz CT molecular complexity index is 1730. The molecule has 2 aliphatic heterocycles. The number of hydrogen-bond acceptors (Lipinski definition) is 11. The van der Waals surface area contributed by atoms with Gasteiger partial charge in [0.15, 0.2) is 0 Å². The van der Waals surface area contributed by atoms with E-state index in [2.05, 4.69) is 10.6 Å². The minimum Gasteiger partial charge on any atom is -0.496 e. The maximum Gasteiger partial charge on any atom is 0.310 e. The number of benzene rings is 3. The lowest BCUT2D eigenvalue weighted by molar-refractivity contribution is -0.168. The van der Waals surface area contributed by atoms with E-state index >= 15 is 0 Å². The molecule has 0 aliphatic carbocycles. The van der Waals surface area contributed by atoms with E-state index in [0.29, 0.717) is 0 Å². The molecule has 0 spiro atoms. The second kappa shape index (κ2) is 15.4. The number of anilines is 2. The van der Waals surface area contributed by atoms with Crippen molar-refractivity contribution < 1.29 is 52.8 Å². The predicted molar refractivity (Wildman–Crippen MR) is 172 cm³/mol. The Morgan fingerprint density at radius 2 is 1.53 bits per heavy atom. The summed E-state index contributed by atoms with van der Waals surface area (Å²) in [6.45, 7) is -1.91. The molecule has 3 aromatic rings. The van der Waals surface area contributed by atoms with E-state index in [1.54, 1.807) is 18.2 Å². The summed E-state index contributed by atoms with van der Waals surface area (Å²) in [7, 11) is 2.62. The predicted octanol–water partition coefficient (Wildman–Crippen LogP) is 0.718. The van der Waals surface area contributed by atoms with Crippen LogP contribution in [0.5, 0.6) is 11.5 Å². The van der Waals surface area contributed by atoms with Crippen molar-refractivity contribution in [3.63, 3.8) is 0 Å². The molecule has 15 nitrogen and oxygen atoms in total. The Morgan fingerprint density at radius 1 is 0.878 bits per heavy atom. The van der Waals surface area contributed by atoms with E-state index in [1.807, 2.05) is 30.3 Å². The van der Waals surface area contributed by atoms with Gasteiger partial charge in [0.2, 0.25) is 12.2 Å². The SMILES string of the molecule is COc1cccc(OC)c1C(=O)C(=O)N[C@H]1CN(C(=O)CO)c2ccccc2N(CC(=O)N[C@H]2CC(=O)OC2OCc2ccccc2)C1=O. The van der Waals surface area contributed by atoms with Gasteiger partial charge in [-0.1, -0.05) is 48.5 Å². The molecule has 5 rings (SSSR count). The van der Waals surface area contributed by atoms with Gasteiger partial charge in [0.05, 0.1) is 45.2 Å². The number of cyclic esters (lactones) is 1. The van der Waals surface area contributed by atoms with E-state index in [1.165, 1.54) is 38.5 Å². The van der Waals surface area contributed by atoms with Gasteiger partial charge in [-0.15, -0.1) is 0 Å². The lowest BCUT2D eigenvalue weighted by Gasteiger charge is -2.26. The summed E-state index contributed by atoms with van der Waals surface area (Å²) in [6.07, 6.45) is -1.27. The summed E-state index contributed by atoms with van der Waals surface area (Å²) in [5.41, 5.74) is 0.918. The van der Waals surface area contributed by atoms with Crippen molar-refractivity contribution in [2.24, 2.45) is 0 Å². The van der Waals surface area contributed by atoms with E-state index in [4.69, 9.17) is 18.9 Å². The molecule has 49 heavy (non-hydrogen) atoms. The van der Waals surface area contributed by atoms with Crippen molar-refractivity contribution in [2.75, 3.05) is 43.7 Å².